The summed E-state index contributed by atoms with van der Waals surface area (Å²) in [5.74, 6) is 0.0352. The summed E-state index contributed by atoms with van der Waals surface area (Å²) in [5, 5.41) is 6.76. The lowest BCUT2D eigenvalue weighted by molar-refractivity contribution is -0.127. The number of thiophene rings is 1. The van der Waals surface area contributed by atoms with Crippen molar-refractivity contribution >= 4 is 33.2 Å². The van der Waals surface area contributed by atoms with Gasteiger partial charge < -0.3 is 4.90 Å². The van der Waals surface area contributed by atoms with Crippen LogP contribution in [-0.4, -0.2) is 53.1 Å². The van der Waals surface area contributed by atoms with Gasteiger partial charge in [0.2, 0.25) is 5.91 Å². The Morgan fingerprint density at radius 2 is 2.06 bits per heavy atom. The highest BCUT2D eigenvalue weighted by atomic mass is 32.2. The number of aromatic nitrogens is 2. The fraction of sp³-hybridized carbons (Fsp3) is 0.304. The summed E-state index contributed by atoms with van der Waals surface area (Å²) in [4.78, 5) is 15.5. The molecule has 0 N–H and O–H groups in total. The lowest BCUT2D eigenvalue weighted by atomic mass is 10.2. The molecule has 3 heterocycles. The molecule has 1 fully saturated rings. The number of sulfone groups is 1. The van der Waals surface area contributed by atoms with E-state index < -0.39 is 9.84 Å². The largest absolute Gasteiger partial charge is 0.335 e. The number of rotatable bonds is 7. The van der Waals surface area contributed by atoms with Crippen LogP contribution in [-0.2, 0) is 21.2 Å². The van der Waals surface area contributed by atoms with Crippen LogP contribution in [0.2, 0.25) is 0 Å². The molecule has 1 aliphatic rings. The first-order valence-corrected chi connectivity index (χ1v) is 13.0. The van der Waals surface area contributed by atoms with Crippen LogP contribution in [0.4, 0.5) is 0 Å². The summed E-state index contributed by atoms with van der Waals surface area (Å²) < 4.78 is 25.5. The molecular formula is C23H25N3O3S2. The second kappa shape index (κ2) is 9.20. The first kappa shape index (κ1) is 21.5. The molecule has 0 radical (unpaired) electrons. The van der Waals surface area contributed by atoms with Crippen LogP contribution in [0.25, 0.3) is 16.6 Å². The molecule has 1 aliphatic heterocycles. The van der Waals surface area contributed by atoms with Crippen molar-refractivity contribution in [2.75, 3.05) is 18.1 Å². The van der Waals surface area contributed by atoms with Crippen molar-refractivity contribution < 1.29 is 13.2 Å². The maximum absolute atomic E-state index is 12.9. The molecule has 8 heteroatoms. The molecule has 0 bridgehead atoms. The number of amides is 1. The highest BCUT2D eigenvalue weighted by Crippen LogP contribution is 2.28. The van der Waals surface area contributed by atoms with Crippen LogP contribution >= 0.6 is 11.3 Å². The topological polar surface area (TPSA) is 72.3 Å². The molecule has 0 aliphatic carbocycles. The van der Waals surface area contributed by atoms with Crippen LogP contribution in [0.15, 0.2) is 60.1 Å². The molecule has 0 spiro atoms. The number of hydrogen-bond donors (Lipinski definition) is 0. The van der Waals surface area contributed by atoms with Gasteiger partial charge >= 0.3 is 0 Å². The lowest BCUT2D eigenvalue weighted by Gasteiger charge is -2.25. The van der Waals surface area contributed by atoms with Gasteiger partial charge in [-0.25, -0.2) is 8.42 Å². The normalized spacial score (nSPS) is 17.9. The van der Waals surface area contributed by atoms with Crippen LogP contribution in [0.3, 0.4) is 0 Å². The summed E-state index contributed by atoms with van der Waals surface area (Å²) in [6.07, 6.45) is 5.78. The molecule has 1 aromatic carbocycles. The summed E-state index contributed by atoms with van der Waals surface area (Å²) in [5.41, 5.74) is 2.84. The third-order valence-corrected chi connectivity index (χ3v) is 8.04. The molecule has 162 valence electrons. The Morgan fingerprint density at radius 3 is 2.71 bits per heavy atom. The average molecular weight is 456 g/mol. The minimum atomic E-state index is -3.04. The highest BCUT2D eigenvalue weighted by Gasteiger charge is 2.33. The van der Waals surface area contributed by atoms with Gasteiger partial charge in [-0.2, -0.15) is 5.10 Å². The molecule has 4 rings (SSSR count). The minimum absolute atomic E-state index is 0.0515. The average Bonchev–Trinajstić information content (AvgIpc) is 3.48. The molecule has 1 amide bonds. The van der Waals surface area contributed by atoms with E-state index in [2.05, 4.69) is 12.1 Å². The second-order valence-electron chi connectivity index (χ2n) is 7.61. The van der Waals surface area contributed by atoms with Gasteiger partial charge in [0.1, 0.15) is 5.69 Å². The van der Waals surface area contributed by atoms with E-state index in [1.165, 1.54) is 6.08 Å². The van der Waals surface area contributed by atoms with Crippen LogP contribution in [0.5, 0.6) is 0 Å². The maximum atomic E-state index is 12.9. The molecule has 3 aromatic rings. The Hall–Kier alpha value is -2.71. The Kier molecular flexibility index (Phi) is 6.38. The molecule has 1 unspecified atom stereocenters. The van der Waals surface area contributed by atoms with E-state index in [1.54, 1.807) is 22.3 Å². The molecule has 6 nitrogen and oxygen atoms in total. The van der Waals surface area contributed by atoms with E-state index in [1.807, 2.05) is 53.5 Å². The summed E-state index contributed by atoms with van der Waals surface area (Å²) in [7, 11) is -3.04. The summed E-state index contributed by atoms with van der Waals surface area (Å²) in [6.45, 7) is 3.00. The number of likely N-dealkylation sites (N-methyl/N-ethyl adjacent to an activating group) is 1. The molecule has 1 atom stereocenters. The van der Waals surface area contributed by atoms with E-state index in [0.717, 1.165) is 21.7 Å². The van der Waals surface area contributed by atoms with Crippen LogP contribution in [0, 0.1) is 0 Å². The number of nitrogens with zero attached hydrogens (tertiary/aromatic N) is 3. The zero-order valence-corrected chi connectivity index (χ0v) is 19.0. The van der Waals surface area contributed by atoms with Crippen molar-refractivity contribution in [1.82, 2.24) is 14.7 Å². The monoisotopic (exact) mass is 455 g/mol. The van der Waals surface area contributed by atoms with Crippen LogP contribution in [0.1, 0.15) is 24.5 Å². The van der Waals surface area contributed by atoms with E-state index in [4.69, 9.17) is 5.10 Å². The quantitative estimate of drug-likeness (QED) is 0.509. The number of benzene rings is 1. The SMILES string of the molecule is CCN(C(=O)C=Cc1cn(Cc2ccccc2)nc1-c1cccs1)C1CCS(=O)(=O)C1. The number of carbonyl (C=O) groups excluding carboxylic acids is 1. The van der Waals surface area contributed by atoms with Crippen LogP contribution < -0.4 is 0 Å². The maximum Gasteiger partial charge on any atom is 0.246 e. The number of carbonyl (C=O) groups is 1. The van der Waals surface area contributed by atoms with E-state index in [-0.39, 0.29) is 23.5 Å². The van der Waals surface area contributed by atoms with Gasteiger partial charge in [-0.3, -0.25) is 9.48 Å². The van der Waals surface area contributed by atoms with E-state index >= 15 is 0 Å². The van der Waals surface area contributed by atoms with Crippen molar-refractivity contribution in [3.05, 3.63) is 71.2 Å². The third kappa shape index (κ3) is 5.14. The van der Waals surface area contributed by atoms with E-state index in [0.29, 0.717) is 19.5 Å². The van der Waals surface area contributed by atoms with Gasteiger partial charge in [-0.1, -0.05) is 36.4 Å². The van der Waals surface area contributed by atoms with Gasteiger partial charge in [-0.05, 0) is 36.4 Å². The van der Waals surface area contributed by atoms with Crippen molar-refractivity contribution in [1.29, 1.82) is 0 Å². The Bertz CT molecular complexity index is 1170. The highest BCUT2D eigenvalue weighted by molar-refractivity contribution is 7.91. The van der Waals surface area contributed by atoms with Gasteiger partial charge in [0, 0.05) is 30.4 Å². The van der Waals surface area contributed by atoms with Gasteiger partial charge in [0.15, 0.2) is 9.84 Å². The Balaban J connectivity index is 1.57. The molecule has 2 aromatic heterocycles. The van der Waals surface area contributed by atoms with Gasteiger partial charge in [0.25, 0.3) is 0 Å². The zero-order chi connectivity index (χ0) is 21.8. The predicted octanol–water partition coefficient (Wildman–Crippen LogP) is 3.71. The second-order valence-corrected chi connectivity index (χ2v) is 10.8. The fourth-order valence-corrected chi connectivity index (χ4v) is 6.35. The summed E-state index contributed by atoms with van der Waals surface area (Å²) in [6, 6.07) is 13.8. The third-order valence-electron chi connectivity index (χ3n) is 5.41. The van der Waals surface area contributed by atoms with Crippen molar-refractivity contribution in [3.8, 4) is 10.6 Å². The molecule has 1 saturated heterocycles. The standard InChI is InChI=1S/C23H25N3O3S2/c1-2-26(20-12-14-31(28,29)17-20)22(27)11-10-19-16-25(15-18-7-4-3-5-8-18)24-23(19)21-9-6-13-30-21/h3-11,13,16,20H,2,12,14-15,17H2,1H3. The Labute approximate surface area is 186 Å². The fourth-order valence-electron chi connectivity index (χ4n) is 3.89. The van der Waals surface area contributed by atoms with Crippen molar-refractivity contribution in [3.63, 3.8) is 0 Å². The smallest absolute Gasteiger partial charge is 0.246 e. The first-order valence-electron chi connectivity index (χ1n) is 10.3. The number of hydrogen-bond acceptors (Lipinski definition) is 5. The molecule has 0 saturated carbocycles. The molecular weight excluding hydrogens is 430 g/mol. The Morgan fingerprint density at radius 1 is 1.26 bits per heavy atom. The predicted molar refractivity (Wildman–Crippen MR) is 125 cm³/mol. The van der Waals surface area contributed by atoms with Gasteiger partial charge in [0.05, 0.1) is 22.9 Å². The van der Waals surface area contributed by atoms with Gasteiger partial charge in [-0.15, -0.1) is 11.3 Å². The minimum Gasteiger partial charge on any atom is -0.335 e. The van der Waals surface area contributed by atoms with E-state index in [9.17, 15) is 13.2 Å². The molecule has 31 heavy (non-hydrogen) atoms. The van der Waals surface area contributed by atoms with Crippen molar-refractivity contribution in [2.45, 2.75) is 25.9 Å². The van der Waals surface area contributed by atoms with Crippen molar-refractivity contribution in [2.24, 2.45) is 0 Å². The zero-order valence-electron chi connectivity index (χ0n) is 17.3. The lowest BCUT2D eigenvalue weighted by Crippen LogP contribution is -2.40. The summed E-state index contributed by atoms with van der Waals surface area (Å²) >= 11 is 1.60. The first-order chi connectivity index (χ1) is 14.9.